The summed E-state index contributed by atoms with van der Waals surface area (Å²) < 4.78 is 41.7. The Morgan fingerprint density at radius 2 is 1.89 bits per heavy atom. The summed E-state index contributed by atoms with van der Waals surface area (Å²) in [5.74, 6) is 0. The molecule has 0 atom stereocenters. The van der Waals surface area contributed by atoms with E-state index in [0.29, 0.717) is 5.69 Å². The summed E-state index contributed by atoms with van der Waals surface area (Å²) in [5.41, 5.74) is -0.375. The van der Waals surface area contributed by atoms with E-state index in [0.717, 1.165) is 17.1 Å². The van der Waals surface area contributed by atoms with Gasteiger partial charge in [-0.15, -0.1) is 11.3 Å². The number of hydrogen-bond donors (Lipinski definition) is 0. The molecule has 4 rings (SSSR count). The van der Waals surface area contributed by atoms with Crippen molar-refractivity contribution in [3.8, 4) is 22.1 Å². The van der Waals surface area contributed by atoms with Gasteiger partial charge in [0.15, 0.2) is 5.69 Å². The molecular weight excluding hydrogens is 377 g/mol. The quantitative estimate of drug-likeness (QED) is 0.529. The highest BCUT2D eigenvalue weighted by atomic mass is 32.1. The maximum atomic E-state index is 13.0. The first-order chi connectivity index (χ1) is 12.9. The van der Waals surface area contributed by atoms with Crippen LogP contribution in [0.1, 0.15) is 5.56 Å². The Morgan fingerprint density at radius 3 is 2.63 bits per heavy atom. The predicted octanol–water partition coefficient (Wildman–Crippen LogP) is 4.17. The van der Waals surface area contributed by atoms with Gasteiger partial charge in [0.25, 0.3) is 0 Å². The molecule has 0 saturated heterocycles. The number of alkyl halides is 3. The fraction of sp³-hybridized carbons (Fsp3) is 0.0556. The Kier molecular flexibility index (Phi) is 4.15. The molecule has 0 N–H and O–H groups in total. The maximum Gasteiger partial charge on any atom is 0.416 e. The highest BCUT2D eigenvalue weighted by molar-refractivity contribution is 7.12. The van der Waals surface area contributed by atoms with E-state index in [1.165, 1.54) is 46.6 Å². The number of aromatic nitrogens is 4. The molecular formula is C18H11F3N4OS. The summed E-state index contributed by atoms with van der Waals surface area (Å²) in [6.45, 7) is 0. The second-order valence-corrected chi connectivity index (χ2v) is 6.53. The zero-order chi connectivity index (χ0) is 19.0. The third-order valence-electron chi connectivity index (χ3n) is 3.85. The van der Waals surface area contributed by atoms with Gasteiger partial charge in [-0.05, 0) is 41.8 Å². The van der Waals surface area contributed by atoms with Crippen LogP contribution in [-0.4, -0.2) is 19.6 Å². The van der Waals surface area contributed by atoms with Crippen molar-refractivity contribution in [3.05, 3.63) is 82.1 Å². The van der Waals surface area contributed by atoms with Crippen LogP contribution in [0.2, 0.25) is 0 Å². The van der Waals surface area contributed by atoms with E-state index in [9.17, 15) is 18.0 Å². The summed E-state index contributed by atoms with van der Waals surface area (Å²) in [5, 5.41) is 11.1. The number of rotatable bonds is 3. The normalized spacial score (nSPS) is 11.7. The van der Waals surface area contributed by atoms with E-state index in [1.807, 2.05) is 17.5 Å². The molecule has 0 aliphatic carbocycles. The van der Waals surface area contributed by atoms with Crippen LogP contribution in [-0.2, 0) is 6.18 Å². The lowest BCUT2D eigenvalue weighted by Crippen LogP contribution is -2.15. The Morgan fingerprint density at radius 1 is 1.04 bits per heavy atom. The SMILES string of the molecule is O=c1ccn(-c2cccc(C(F)(F)F)c2)nc1-c1ccnn1-c1cccs1. The van der Waals surface area contributed by atoms with Crippen molar-refractivity contribution in [2.75, 3.05) is 0 Å². The number of halogens is 3. The minimum Gasteiger partial charge on any atom is -0.287 e. The zero-order valence-electron chi connectivity index (χ0n) is 13.6. The molecule has 3 aromatic heterocycles. The number of hydrogen-bond acceptors (Lipinski definition) is 4. The molecule has 3 heterocycles. The third kappa shape index (κ3) is 3.28. The Balaban J connectivity index is 1.83. The summed E-state index contributed by atoms with van der Waals surface area (Å²) in [6, 6.07) is 11.4. The van der Waals surface area contributed by atoms with Crippen LogP contribution < -0.4 is 5.43 Å². The molecule has 5 nitrogen and oxygen atoms in total. The molecule has 27 heavy (non-hydrogen) atoms. The van der Waals surface area contributed by atoms with Gasteiger partial charge in [0, 0.05) is 12.3 Å². The van der Waals surface area contributed by atoms with Crippen LogP contribution >= 0.6 is 11.3 Å². The Bertz CT molecular complexity index is 1150. The van der Waals surface area contributed by atoms with Crippen LogP contribution in [0, 0.1) is 0 Å². The molecule has 9 heteroatoms. The molecule has 0 spiro atoms. The van der Waals surface area contributed by atoms with Crippen LogP contribution in [0.25, 0.3) is 22.1 Å². The molecule has 4 aromatic rings. The van der Waals surface area contributed by atoms with Gasteiger partial charge in [0.1, 0.15) is 5.00 Å². The first-order valence-electron chi connectivity index (χ1n) is 7.79. The molecule has 0 bridgehead atoms. The van der Waals surface area contributed by atoms with E-state index in [1.54, 1.807) is 10.7 Å². The lowest BCUT2D eigenvalue weighted by molar-refractivity contribution is -0.137. The largest absolute Gasteiger partial charge is 0.416 e. The van der Waals surface area contributed by atoms with E-state index in [4.69, 9.17) is 0 Å². The predicted molar refractivity (Wildman–Crippen MR) is 95.3 cm³/mol. The third-order valence-corrected chi connectivity index (χ3v) is 4.69. The van der Waals surface area contributed by atoms with Gasteiger partial charge in [0.05, 0.1) is 23.1 Å². The van der Waals surface area contributed by atoms with Crippen molar-refractivity contribution in [1.82, 2.24) is 19.6 Å². The van der Waals surface area contributed by atoms with E-state index >= 15 is 0 Å². The number of thiophene rings is 1. The monoisotopic (exact) mass is 388 g/mol. The fourth-order valence-corrected chi connectivity index (χ4v) is 3.30. The highest BCUT2D eigenvalue weighted by Gasteiger charge is 2.30. The summed E-state index contributed by atoms with van der Waals surface area (Å²) in [4.78, 5) is 12.4. The van der Waals surface area contributed by atoms with Gasteiger partial charge in [-0.2, -0.15) is 23.4 Å². The first-order valence-corrected chi connectivity index (χ1v) is 8.67. The van der Waals surface area contributed by atoms with Crippen molar-refractivity contribution >= 4 is 11.3 Å². The van der Waals surface area contributed by atoms with Crippen LogP contribution in [0.3, 0.4) is 0 Å². The number of nitrogens with zero attached hydrogens (tertiary/aromatic N) is 4. The standard InChI is InChI=1S/C18H11F3N4OS/c19-18(20,21)12-3-1-4-13(11-12)24-9-7-15(26)17(23-24)14-6-8-22-25(14)16-5-2-10-27-16/h1-11H. The van der Waals surface area contributed by atoms with Gasteiger partial charge in [-0.25, -0.2) is 9.36 Å². The molecule has 1 aromatic carbocycles. The van der Waals surface area contributed by atoms with Crippen molar-refractivity contribution < 1.29 is 13.2 Å². The Hall–Kier alpha value is -3.20. The molecule has 0 unspecified atom stereocenters. The molecule has 136 valence electrons. The topological polar surface area (TPSA) is 52.7 Å². The van der Waals surface area contributed by atoms with Crippen LogP contribution in [0.15, 0.2) is 71.1 Å². The average molecular weight is 388 g/mol. The van der Waals surface area contributed by atoms with Crippen molar-refractivity contribution in [2.45, 2.75) is 6.18 Å². The van der Waals surface area contributed by atoms with E-state index in [2.05, 4.69) is 10.2 Å². The lowest BCUT2D eigenvalue weighted by Gasteiger charge is -2.11. The molecule has 0 aliphatic heterocycles. The van der Waals surface area contributed by atoms with E-state index < -0.39 is 11.7 Å². The van der Waals surface area contributed by atoms with Gasteiger partial charge in [-0.1, -0.05) is 6.07 Å². The van der Waals surface area contributed by atoms with Gasteiger partial charge in [-0.3, -0.25) is 4.79 Å². The second kappa shape index (κ2) is 6.51. The maximum absolute atomic E-state index is 13.0. The fourth-order valence-electron chi connectivity index (χ4n) is 2.60. The summed E-state index contributed by atoms with van der Waals surface area (Å²) in [7, 11) is 0. The number of benzene rings is 1. The summed E-state index contributed by atoms with van der Waals surface area (Å²) in [6.07, 6.45) is -1.58. The van der Waals surface area contributed by atoms with Crippen molar-refractivity contribution in [3.63, 3.8) is 0 Å². The molecule has 0 radical (unpaired) electrons. The smallest absolute Gasteiger partial charge is 0.287 e. The van der Waals surface area contributed by atoms with E-state index in [-0.39, 0.29) is 16.8 Å². The highest BCUT2D eigenvalue weighted by Crippen LogP contribution is 2.30. The van der Waals surface area contributed by atoms with Gasteiger partial charge < -0.3 is 0 Å². The van der Waals surface area contributed by atoms with Crippen LogP contribution in [0.5, 0.6) is 0 Å². The zero-order valence-corrected chi connectivity index (χ0v) is 14.4. The minimum absolute atomic E-state index is 0.0980. The summed E-state index contributed by atoms with van der Waals surface area (Å²) >= 11 is 1.44. The molecule has 0 amide bonds. The molecule has 0 aliphatic rings. The van der Waals surface area contributed by atoms with Gasteiger partial charge in [0.2, 0.25) is 5.43 Å². The first kappa shape index (κ1) is 17.2. The average Bonchev–Trinajstić information content (AvgIpc) is 3.33. The minimum atomic E-state index is -4.46. The molecule has 0 fully saturated rings. The van der Waals surface area contributed by atoms with Crippen molar-refractivity contribution in [1.29, 1.82) is 0 Å². The second-order valence-electron chi connectivity index (χ2n) is 5.60. The Labute approximate surface area is 154 Å². The van der Waals surface area contributed by atoms with Crippen LogP contribution in [0.4, 0.5) is 13.2 Å². The molecule has 0 saturated carbocycles. The van der Waals surface area contributed by atoms with Gasteiger partial charge >= 0.3 is 6.18 Å². The van der Waals surface area contributed by atoms with Crippen molar-refractivity contribution in [2.24, 2.45) is 0 Å². The lowest BCUT2D eigenvalue weighted by atomic mass is 10.2.